The normalized spacial score (nSPS) is 13.6. The number of esters is 2. The Morgan fingerprint density at radius 1 is 1.29 bits per heavy atom. The van der Waals surface area contributed by atoms with Crippen LogP contribution in [0.4, 0.5) is 13.2 Å². The van der Waals surface area contributed by atoms with Crippen LogP contribution in [0.15, 0.2) is 28.9 Å². The van der Waals surface area contributed by atoms with Gasteiger partial charge < -0.3 is 14.0 Å². The number of halogens is 3. The van der Waals surface area contributed by atoms with Crippen LogP contribution in [0.3, 0.4) is 0 Å². The summed E-state index contributed by atoms with van der Waals surface area (Å²) < 4.78 is 51.8. The topological polar surface area (TPSA) is 131 Å². The highest BCUT2D eigenvalue weighted by Crippen LogP contribution is 2.31. The largest absolute Gasteiger partial charge is 0.491 e. The van der Waals surface area contributed by atoms with Crippen LogP contribution in [0, 0.1) is 18.3 Å². The van der Waals surface area contributed by atoms with Crippen LogP contribution >= 0.6 is 0 Å². The number of nitrogens with zero attached hydrogens (tertiary/aromatic N) is 5. The summed E-state index contributed by atoms with van der Waals surface area (Å²) in [5.74, 6) is -3.07. The van der Waals surface area contributed by atoms with Gasteiger partial charge in [0, 0.05) is 24.8 Å². The zero-order valence-electron chi connectivity index (χ0n) is 20.6. The molecule has 0 amide bonds. The van der Waals surface area contributed by atoms with E-state index in [1.165, 1.54) is 6.20 Å². The van der Waals surface area contributed by atoms with Crippen molar-refractivity contribution in [3.63, 3.8) is 0 Å². The Morgan fingerprint density at radius 2 is 2.05 bits per heavy atom. The van der Waals surface area contributed by atoms with Gasteiger partial charge in [-0.25, -0.2) is 9.78 Å². The molecule has 0 atom stereocenters. The van der Waals surface area contributed by atoms with Crippen molar-refractivity contribution in [2.45, 2.75) is 46.0 Å². The van der Waals surface area contributed by atoms with Gasteiger partial charge in [-0.3, -0.25) is 9.69 Å². The Balaban J connectivity index is 1.49. The molecule has 0 bridgehead atoms. The van der Waals surface area contributed by atoms with E-state index < -0.39 is 24.7 Å². The van der Waals surface area contributed by atoms with Gasteiger partial charge >= 0.3 is 18.1 Å². The van der Waals surface area contributed by atoms with E-state index >= 15 is 0 Å². The first-order chi connectivity index (χ1) is 18.0. The third kappa shape index (κ3) is 5.81. The molecule has 0 unspecified atom stereocenters. The maximum absolute atomic E-state index is 12.3. The zero-order valence-corrected chi connectivity index (χ0v) is 20.6. The second-order valence-corrected chi connectivity index (χ2v) is 8.87. The number of benzene rings is 1. The molecule has 10 nitrogen and oxygen atoms in total. The Morgan fingerprint density at radius 3 is 2.74 bits per heavy atom. The minimum absolute atomic E-state index is 0.151. The molecule has 0 spiro atoms. The quantitative estimate of drug-likeness (QED) is 0.344. The number of rotatable bonds is 6. The zero-order chi connectivity index (χ0) is 27.6. The van der Waals surface area contributed by atoms with E-state index in [2.05, 4.69) is 19.9 Å². The maximum Gasteiger partial charge on any atom is 0.491 e. The van der Waals surface area contributed by atoms with Crippen molar-refractivity contribution in [2.24, 2.45) is 0 Å². The number of aromatic nitrogens is 3. The average molecular weight is 529 g/mol. The molecule has 0 saturated heterocycles. The number of ether oxygens (including phenoxy) is 2. The average Bonchev–Trinajstić information content (AvgIpc) is 3.33. The van der Waals surface area contributed by atoms with Crippen molar-refractivity contribution in [2.75, 3.05) is 13.1 Å². The second-order valence-electron chi connectivity index (χ2n) is 8.87. The van der Waals surface area contributed by atoms with Crippen molar-refractivity contribution in [3.05, 3.63) is 46.6 Å². The highest BCUT2D eigenvalue weighted by Gasteiger charge is 2.42. The van der Waals surface area contributed by atoms with Crippen LogP contribution in [-0.4, -0.2) is 57.3 Å². The van der Waals surface area contributed by atoms with Crippen LogP contribution in [0.1, 0.15) is 36.1 Å². The molecule has 0 radical (unpaired) electrons. The standard InChI is InChI=1S/C25H22F3N5O5/c1-13(2)36-22-16(9-29)8-17(10-30-22)23-31-21(32-38-23)19-5-4-15-11-33(7-6-18(15)14(19)3)12-20(34)37-24(35)25(26,27)28/h4-5,8,10,13H,6-7,11-12H2,1-3H3. The molecule has 0 aliphatic carbocycles. The molecule has 1 aromatic carbocycles. The van der Waals surface area contributed by atoms with Crippen molar-refractivity contribution >= 4 is 11.9 Å². The van der Waals surface area contributed by atoms with E-state index in [0.29, 0.717) is 24.4 Å². The fraction of sp³-hybridized carbons (Fsp3) is 0.360. The van der Waals surface area contributed by atoms with Crippen LogP contribution in [0.5, 0.6) is 5.88 Å². The minimum atomic E-state index is -5.23. The molecule has 198 valence electrons. The maximum atomic E-state index is 12.3. The molecule has 13 heteroatoms. The number of carbonyl (C=O) groups excluding carboxylic acids is 2. The molecule has 1 aliphatic heterocycles. The SMILES string of the molecule is Cc1c(-c2noc(-c3cnc(OC(C)C)c(C#N)c3)n2)ccc2c1CCN(CC(=O)OC(=O)C(F)(F)F)C2. The van der Waals surface area contributed by atoms with E-state index in [0.717, 1.165) is 22.3 Å². The third-order valence-corrected chi connectivity index (χ3v) is 5.79. The van der Waals surface area contributed by atoms with Gasteiger partial charge in [0.1, 0.15) is 11.6 Å². The Labute approximate surface area is 215 Å². The van der Waals surface area contributed by atoms with E-state index in [1.54, 1.807) is 17.0 Å². The molecule has 1 aliphatic rings. The first-order valence-corrected chi connectivity index (χ1v) is 11.5. The summed E-state index contributed by atoms with van der Waals surface area (Å²) in [7, 11) is 0. The summed E-state index contributed by atoms with van der Waals surface area (Å²) >= 11 is 0. The monoisotopic (exact) mass is 529 g/mol. The Hall–Kier alpha value is -4.31. The molecule has 3 aromatic rings. The lowest BCUT2D eigenvalue weighted by atomic mass is 9.91. The van der Waals surface area contributed by atoms with Crippen molar-refractivity contribution in [1.82, 2.24) is 20.0 Å². The second kappa shape index (κ2) is 10.6. The van der Waals surface area contributed by atoms with Crippen molar-refractivity contribution < 1.29 is 36.8 Å². The van der Waals surface area contributed by atoms with Gasteiger partial charge in [0.15, 0.2) is 0 Å². The van der Waals surface area contributed by atoms with Crippen LogP contribution in [-0.2, 0) is 27.3 Å². The Bertz CT molecular complexity index is 1430. The summed E-state index contributed by atoms with van der Waals surface area (Å²) in [4.78, 5) is 32.9. The van der Waals surface area contributed by atoms with Crippen LogP contribution in [0.2, 0.25) is 0 Å². The van der Waals surface area contributed by atoms with Crippen LogP contribution < -0.4 is 4.74 Å². The number of alkyl halides is 3. The number of pyridine rings is 1. The highest BCUT2D eigenvalue weighted by molar-refractivity contribution is 5.89. The Kier molecular flexibility index (Phi) is 7.45. The molecule has 0 fully saturated rings. The molecule has 0 N–H and O–H groups in total. The predicted octanol–water partition coefficient (Wildman–Crippen LogP) is 3.76. The summed E-state index contributed by atoms with van der Waals surface area (Å²) in [5.41, 5.74) is 4.17. The van der Waals surface area contributed by atoms with E-state index in [9.17, 15) is 28.0 Å². The van der Waals surface area contributed by atoms with E-state index in [-0.39, 0.29) is 30.0 Å². The van der Waals surface area contributed by atoms with Gasteiger partial charge in [-0.1, -0.05) is 17.3 Å². The first-order valence-electron chi connectivity index (χ1n) is 11.5. The number of fused-ring (bicyclic) bond motifs is 1. The number of hydrogen-bond acceptors (Lipinski definition) is 10. The summed E-state index contributed by atoms with van der Waals surface area (Å²) in [6, 6.07) is 7.21. The van der Waals surface area contributed by atoms with Gasteiger partial charge in [0.25, 0.3) is 5.89 Å². The van der Waals surface area contributed by atoms with Gasteiger partial charge in [0.2, 0.25) is 11.7 Å². The lowest BCUT2D eigenvalue weighted by molar-refractivity contribution is -0.202. The predicted molar refractivity (Wildman–Crippen MR) is 124 cm³/mol. The fourth-order valence-electron chi connectivity index (χ4n) is 4.07. The number of hydrogen-bond donors (Lipinski definition) is 0. The summed E-state index contributed by atoms with van der Waals surface area (Å²) in [5, 5.41) is 13.5. The van der Waals surface area contributed by atoms with E-state index in [1.807, 2.05) is 32.9 Å². The molecular formula is C25H22F3N5O5. The number of nitriles is 1. The van der Waals surface area contributed by atoms with Gasteiger partial charge in [0.05, 0.1) is 18.2 Å². The summed E-state index contributed by atoms with van der Waals surface area (Å²) in [6.45, 7) is 5.76. The smallest absolute Gasteiger partial charge is 0.474 e. The molecule has 2 aromatic heterocycles. The minimum Gasteiger partial charge on any atom is -0.474 e. The third-order valence-electron chi connectivity index (χ3n) is 5.79. The molecule has 0 saturated carbocycles. The first kappa shape index (κ1) is 26.7. The van der Waals surface area contributed by atoms with Crippen LogP contribution in [0.25, 0.3) is 22.8 Å². The fourth-order valence-corrected chi connectivity index (χ4v) is 4.07. The molecule has 3 heterocycles. The molecule has 38 heavy (non-hydrogen) atoms. The van der Waals surface area contributed by atoms with Crippen molar-refractivity contribution in [1.29, 1.82) is 5.26 Å². The number of carbonyl (C=O) groups is 2. The van der Waals surface area contributed by atoms with Crippen molar-refractivity contribution in [3.8, 4) is 34.8 Å². The van der Waals surface area contributed by atoms with Gasteiger partial charge in [-0.2, -0.15) is 23.4 Å². The lowest BCUT2D eigenvalue weighted by Gasteiger charge is -2.29. The molecular weight excluding hydrogens is 507 g/mol. The summed E-state index contributed by atoms with van der Waals surface area (Å²) in [6.07, 6.45) is -3.39. The molecule has 4 rings (SSSR count). The van der Waals surface area contributed by atoms with E-state index in [4.69, 9.17) is 9.26 Å². The lowest BCUT2D eigenvalue weighted by Crippen LogP contribution is -2.38. The highest BCUT2D eigenvalue weighted by atomic mass is 19.4. The van der Waals surface area contributed by atoms with Gasteiger partial charge in [-0.15, -0.1) is 0 Å². The van der Waals surface area contributed by atoms with Gasteiger partial charge in [-0.05, 0) is 49.9 Å².